The first-order chi connectivity index (χ1) is 21.8. The molecule has 0 spiro atoms. The van der Waals surface area contributed by atoms with E-state index >= 15 is 0 Å². The Morgan fingerprint density at radius 1 is 0.318 bits per heavy atom. The van der Waals surface area contributed by atoms with E-state index in [0.29, 0.717) is 0 Å². The van der Waals surface area contributed by atoms with Crippen molar-refractivity contribution >= 4 is 53.3 Å². The van der Waals surface area contributed by atoms with Crippen molar-refractivity contribution in [3.63, 3.8) is 0 Å². The van der Waals surface area contributed by atoms with Gasteiger partial charge >= 0.3 is 0 Å². The smallest absolute Gasteiger partial charge is 0.0541 e. The summed E-state index contributed by atoms with van der Waals surface area (Å²) in [6.07, 6.45) is 0. The topological polar surface area (TPSA) is 4.93 Å². The molecule has 0 unspecified atom stereocenters. The van der Waals surface area contributed by atoms with Gasteiger partial charge in [0, 0.05) is 36.6 Å². The highest BCUT2D eigenvalue weighted by atomic mass is 32.1. The first-order valence-electron chi connectivity index (χ1n) is 15.0. The van der Waals surface area contributed by atoms with Crippen LogP contribution in [0.25, 0.3) is 81.0 Å². The van der Waals surface area contributed by atoms with Crippen LogP contribution in [-0.4, -0.2) is 4.57 Å². The largest absolute Gasteiger partial charge is 0.309 e. The molecule has 2 heteroatoms. The summed E-state index contributed by atoms with van der Waals surface area (Å²) < 4.78 is 5.11. The van der Waals surface area contributed by atoms with Crippen molar-refractivity contribution in [2.45, 2.75) is 0 Å². The molecule has 0 bridgehead atoms. The Hall–Kier alpha value is -5.44. The second-order valence-corrected chi connectivity index (χ2v) is 12.5. The molecule has 0 aliphatic rings. The minimum absolute atomic E-state index is 1.16. The molecule has 7 aromatic carbocycles. The molecule has 44 heavy (non-hydrogen) atoms. The van der Waals surface area contributed by atoms with Gasteiger partial charge in [-0.15, -0.1) is 11.3 Å². The second kappa shape index (κ2) is 10.1. The van der Waals surface area contributed by atoms with Gasteiger partial charge in [0.25, 0.3) is 0 Å². The van der Waals surface area contributed by atoms with E-state index in [2.05, 4.69) is 168 Å². The van der Waals surface area contributed by atoms with E-state index in [4.69, 9.17) is 0 Å². The van der Waals surface area contributed by atoms with Crippen LogP contribution in [0.5, 0.6) is 0 Å². The van der Waals surface area contributed by atoms with Gasteiger partial charge in [0.1, 0.15) is 0 Å². The predicted molar refractivity (Wildman–Crippen MR) is 190 cm³/mol. The average Bonchev–Trinajstić information content (AvgIpc) is 3.64. The van der Waals surface area contributed by atoms with E-state index in [1.165, 1.54) is 75.4 Å². The van der Waals surface area contributed by atoms with E-state index in [9.17, 15) is 0 Å². The lowest BCUT2D eigenvalue weighted by atomic mass is 9.98. The minimum Gasteiger partial charge on any atom is -0.309 e. The van der Waals surface area contributed by atoms with Crippen molar-refractivity contribution < 1.29 is 0 Å². The lowest BCUT2D eigenvalue weighted by molar-refractivity contribution is 1.18. The lowest BCUT2D eigenvalue weighted by Gasteiger charge is -2.14. The Morgan fingerprint density at radius 2 is 0.864 bits per heavy atom. The van der Waals surface area contributed by atoms with E-state index in [0.717, 1.165) is 5.69 Å². The number of para-hydroxylation sites is 1. The molecule has 9 rings (SSSR count). The zero-order valence-corrected chi connectivity index (χ0v) is 24.8. The number of rotatable bonds is 4. The maximum absolute atomic E-state index is 2.43. The third-order valence-corrected chi connectivity index (χ3v) is 9.92. The summed E-state index contributed by atoms with van der Waals surface area (Å²) in [5.41, 5.74) is 10.9. The summed E-state index contributed by atoms with van der Waals surface area (Å²) in [7, 11) is 0. The van der Waals surface area contributed by atoms with Crippen molar-refractivity contribution in [1.82, 2.24) is 4.57 Å². The Labute approximate surface area is 259 Å². The second-order valence-electron chi connectivity index (χ2n) is 11.4. The first kappa shape index (κ1) is 25.1. The highest BCUT2D eigenvalue weighted by Crippen LogP contribution is 2.40. The van der Waals surface area contributed by atoms with Crippen molar-refractivity contribution in [2.24, 2.45) is 0 Å². The SMILES string of the molecule is c1ccc(-c2cc(-c3ccccc3)cc(-n3c4ccccc4c4cc(-c5ccc6sc7ccccc7c6c5)ccc43)c2)cc1. The molecule has 0 radical (unpaired) electrons. The van der Waals surface area contributed by atoms with Gasteiger partial charge in [-0.1, -0.05) is 109 Å². The number of hydrogen-bond acceptors (Lipinski definition) is 1. The minimum atomic E-state index is 1.16. The summed E-state index contributed by atoms with van der Waals surface area (Å²) in [5, 5.41) is 5.19. The standard InChI is InChI=1S/C42H27NS/c1-3-11-28(12-4-1)32-23-33(29-13-5-2-6-14-29)25-34(24-32)43-39-17-9-7-15-35(39)37-26-30(19-21-40(37)43)31-20-22-42-38(27-31)36-16-8-10-18-41(36)44-42/h1-27H. The van der Waals surface area contributed by atoms with E-state index in [-0.39, 0.29) is 0 Å². The fraction of sp³-hybridized carbons (Fsp3) is 0. The Kier molecular flexibility index (Phi) is 5.75. The molecule has 0 amide bonds. The molecular formula is C42H27NS. The zero-order chi connectivity index (χ0) is 29.0. The number of aromatic nitrogens is 1. The highest BCUT2D eigenvalue weighted by Gasteiger charge is 2.16. The van der Waals surface area contributed by atoms with Crippen molar-refractivity contribution in [2.75, 3.05) is 0 Å². The average molecular weight is 578 g/mol. The molecule has 0 saturated carbocycles. The number of benzene rings is 7. The Bertz CT molecular complexity index is 2420. The summed E-state index contributed by atoms with van der Waals surface area (Å²) in [4.78, 5) is 0. The van der Waals surface area contributed by atoms with Crippen LogP contribution in [0.1, 0.15) is 0 Å². The number of thiophene rings is 1. The fourth-order valence-corrected chi connectivity index (χ4v) is 7.76. The van der Waals surface area contributed by atoms with Gasteiger partial charge in [-0.2, -0.15) is 0 Å². The predicted octanol–water partition coefficient (Wildman–Crippen LogP) is 12.2. The lowest BCUT2D eigenvalue weighted by Crippen LogP contribution is -1.96. The molecule has 0 saturated heterocycles. The molecular weight excluding hydrogens is 551 g/mol. The molecule has 1 nitrogen and oxygen atoms in total. The summed E-state index contributed by atoms with van der Waals surface area (Å²) in [6, 6.07) is 59.8. The molecule has 206 valence electrons. The third-order valence-electron chi connectivity index (χ3n) is 8.77. The van der Waals surface area contributed by atoms with Crippen LogP contribution in [0, 0.1) is 0 Å². The number of nitrogens with zero attached hydrogens (tertiary/aromatic N) is 1. The quantitative estimate of drug-likeness (QED) is 0.196. The molecule has 2 heterocycles. The van der Waals surface area contributed by atoms with Gasteiger partial charge in [0.2, 0.25) is 0 Å². The normalized spacial score (nSPS) is 11.6. The molecule has 0 aliphatic heterocycles. The van der Waals surface area contributed by atoms with Crippen LogP contribution in [0.15, 0.2) is 164 Å². The fourth-order valence-electron chi connectivity index (χ4n) is 6.67. The maximum atomic E-state index is 2.43. The van der Waals surface area contributed by atoms with Gasteiger partial charge in [0.15, 0.2) is 0 Å². The van der Waals surface area contributed by atoms with E-state index < -0.39 is 0 Å². The van der Waals surface area contributed by atoms with Gasteiger partial charge < -0.3 is 4.57 Å². The van der Waals surface area contributed by atoms with Gasteiger partial charge in [-0.05, 0) is 88.0 Å². The highest BCUT2D eigenvalue weighted by molar-refractivity contribution is 7.25. The molecule has 0 aliphatic carbocycles. The number of fused-ring (bicyclic) bond motifs is 6. The van der Waals surface area contributed by atoms with Crippen LogP contribution in [-0.2, 0) is 0 Å². The van der Waals surface area contributed by atoms with E-state index in [1.807, 2.05) is 11.3 Å². The molecule has 0 fully saturated rings. The molecule has 9 aromatic rings. The van der Waals surface area contributed by atoms with Crippen LogP contribution < -0.4 is 0 Å². The van der Waals surface area contributed by atoms with Crippen LogP contribution in [0.4, 0.5) is 0 Å². The Morgan fingerprint density at radius 3 is 1.59 bits per heavy atom. The van der Waals surface area contributed by atoms with Crippen LogP contribution in [0.2, 0.25) is 0 Å². The Balaban J connectivity index is 1.27. The van der Waals surface area contributed by atoms with E-state index in [1.54, 1.807) is 0 Å². The van der Waals surface area contributed by atoms with Crippen molar-refractivity contribution in [3.8, 4) is 39.1 Å². The molecule has 0 N–H and O–H groups in total. The maximum Gasteiger partial charge on any atom is 0.0541 e. The van der Waals surface area contributed by atoms with Crippen LogP contribution in [0.3, 0.4) is 0 Å². The monoisotopic (exact) mass is 577 g/mol. The van der Waals surface area contributed by atoms with Gasteiger partial charge in [-0.3, -0.25) is 0 Å². The van der Waals surface area contributed by atoms with Crippen molar-refractivity contribution in [1.29, 1.82) is 0 Å². The summed E-state index contributed by atoms with van der Waals surface area (Å²) in [6.45, 7) is 0. The molecule has 0 atom stereocenters. The first-order valence-corrected chi connectivity index (χ1v) is 15.8. The number of hydrogen-bond donors (Lipinski definition) is 0. The van der Waals surface area contributed by atoms with Gasteiger partial charge in [-0.25, -0.2) is 0 Å². The third kappa shape index (κ3) is 4.07. The zero-order valence-electron chi connectivity index (χ0n) is 23.9. The van der Waals surface area contributed by atoms with Crippen molar-refractivity contribution in [3.05, 3.63) is 164 Å². The van der Waals surface area contributed by atoms with Gasteiger partial charge in [0.05, 0.1) is 11.0 Å². The summed E-state index contributed by atoms with van der Waals surface area (Å²) >= 11 is 1.87. The summed E-state index contributed by atoms with van der Waals surface area (Å²) in [5.74, 6) is 0. The van der Waals surface area contributed by atoms with Crippen LogP contribution >= 0.6 is 11.3 Å². The molecule has 2 aromatic heterocycles.